The largest absolute Gasteiger partial charge is 0.357 e. The highest BCUT2D eigenvalue weighted by Crippen LogP contribution is 2.57. The van der Waals surface area contributed by atoms with Crippen molar-refractivity contribution in [3.05, 3.63) is 40.4 Å². The van der Waals surface area contributed by atoms with Gasteiger partial charge >= 0.3 is 0 Å². The fraction of sp³-hybridized carbons (Fsp3) is 0.526. The normalized spacial score (nSPS) is 20.9. The van der Waals surface area contributed by atoms with Crippen LogP contribution in [0.1, 0.15) is 54.9 Å². The van der Waals surface area contributed by atoms with Crippen LogP contribution in [0.4, 0.5) is 0 Å². The van der Waals surface area contributed by atoms with Gasteiger partial charge in [-0.15, -0.1) is 0 Å². The van der Waals surface area contributed by atoms with Gasteiger partial charge in [0.25, 0.3) is 12.1 Å². The molecule has 4 rings (SSSR count). The van der Waals surface area contributed by atoms with E-state index in [0.29, 0.717) is 27.8 Å². The second kappa shape index (κ2) is 6.29. The number of likely N-dealkylation sites (N-methyl/N-ethyl adjacent to an activating group) is 1. The zero-order valence-electron chi connectivity index (χ0n) is 16.4. The van der Waals surface area contributed by atoms with Crippen molar-refractivity contribution in [3.63, 3.8) is 0 Å². The summed E-state index contributed by atoms with van der Waals surface area (Å²) in [5, 5.41) is 10.00. The molecule has 2 aromatic rings. The van der Waals surface area contributed by atoms with E-state index in [-0.39, 0.29) is 11.8 Å². The molecule has 2 amide bonds. The van der Waals surface area contributed by atoms with E-state index < -0.39 is 11.5 Å². The lowest BCUT2D eigenvalue weighted by Gasteiger charge is -2.29. The van der Waals surface area contributed by atoms with Gasteiger partial charge in [0.15, 0.2) is 5.69 Å². The number of nitrogens with one attached hydrogen (secondary N) is 3. The molecule has 1 fully saturated rings. The van der Waals surface area contributed by atoms with E-state index in [0.717, 1.165) is 24.1 Å². The van der Waals surface area contributed by atoms with Gasteiger partial charge < -0.3 is 15.6 Å². The van der Waals surface area contributed by atoms with Crippen molar-refractivity contribution in [2.45, 2.75) is 45.6 Å². The Kier molecular flexibility index (Phi) is 4.13. The number of rotatable bonds is 4. The van der Waals surface area contributed by atoms with E-state index in [4.69, 9.17) is 0 Å². The molecule has 0 saturated heterocycles. The standard InChI is InChI=1S/C19H24N6O3/c1-19(2,3)16(18(27)20-4)22-17(26)14-12-8-10-7-11(10)15(12)25(23-14)13-9-24(28)6-5-21-13/h5-6,9-11,16H,7-8H2,1-4H3,(H2-,20,21,22,26,27,28)/p+1/t10-,11-,16?/m1/s1. The van der Waals surface area contributed by atoms with Crippen molar-refractivity contribution >= 4 is 11.8 Å². The molecular weight excluding hydrogens is 360 g/mol. The molecule has 9 heteroatoms. The highest BCUT2D eigenvalue weighted by molar-refractivity contribution is 5.98. The number of carbonyl (C=O) groups is 2. The van der Waals surface area contributed by atoms with Crippen LogP contribution in [-0.4, -0.2) is 39.7 Å². The van der Waals surface area contributed by atoms with Gasteiger partial charge in [-0.05, 0) is 24.2 Å². The van der Waals surface area contributed by atoms with E-state index >= 15 is 0 Å². The maximum absolute atomic E-state index is 13.1. The number of hydrogen-bond acceptors (Lipinski definition) is 4. The van der Waals surface area contributed by atoms with Gasteiger partial charge in [0.05, 0.1) is 16.3 Å². The zero-order chi connectivity index (χ0) is 20.2. The number of aromatic amines is 1. The summed E-state index contributed by atoms with van der Waals surface area (Å²) in [6, 6.07) is -0.686. The number of hydrogen-bond donors (Lipinski definition) is 3. The minimum Gasteiger partial charge on any atom is -0.357 e. The van der Waals surface area contributed by atoms with Gasteiger partial charge in [0.1, 0.15) is 6.04 Å². The van der Waals surface area contributed by atoms with E-state index in [1.807, 2.05) is 20.8 Å². The van der Waals surface area contributed by atoms with E-state index in [1.165, 1.54) is 18.6 Å². The fourth-order valence-corrected chi connectivity index (χ4v) is 4.01. The Morgan fingerprint density at radius 1 is 1.39 bits per heavy atom. The molecule has 1 saturated carbocycles. The number of nitrogens with zero attached hydrogens (tertiary/aromatic N) is 3. The SMILES string of the molecule is CNC(=O)C(NC(=O)c1nn(-c2c[n+](=O)cc[nH]2)c2c1C[C@H]1C[C@@H]21)C(C)(C)C. The third kappa shape index (κ3) is 3.00. The monoisotopic (exact) mass is 385 g/mol. The van der Waals surface area contributed by atoms with Gasteiger partial charge in [-0.25, -0.2) is 4.68 Å². The molecule has 9 nitrogen and oxygen atoms in total. The molecule has 2 aliphatic rings. The van der Waals surface area contributed by atoms with Crippen LogP contribution in [0.3, 0.4) is 0 Å². The Bertz CT molecular complexity index is 1020. The summed E-state index contributed by atoms with van der Waals surface area (Å²) < 4.78 is 2.36. The van der Waals surface area contributed by atoms with Crippen LogP contribution in [0.25, 0.3) is 5.82 Å². The van der Waals surface area contributed by atoms with Gasteiger partial charge in [0, 0.05) is 23.4 Å². The smallest absolute Gasteiger partial charge is 0.272 e. The van der Waals surface area contributed by atoms with Crippen LogP contribution in [-0.2, 0) is 11.2 Å². The summed E-state index contributed by atoms with van der Waals surface area (Å²) >= 11 is 0. The van der Waals surface area contributed by atoms with Crippen LogP contribution in [0.15, 0.2) is 18.6 Å². The van der Waals surface area contributed by atoms with Gasteiger partial charge in [-0.3, -0.25) is 9.59 Å². The number of amides is 2. The Balaban J connectivity index is 1.72. The van der Waals surface area contributed by atoms with Gasteiger partial charge in [0.2, 0.25) is 17.9 Å². The molecule has 2 aliphatic carbocycles. The molecule has 2 aromatic heterocycles. The average Bonchev–Trinajstić information content (AvgIpc) is 3.13. The molecule has 0 spiro atoms. The lowest BCUT2D eigenvalue weighted by atomic mass is 9.86. The van der Waals surface area contributed by atoms with Crippen molar-refractivity contribution in [3.8, 4) is 5.82 Å². The third-order valence-corrected chi connectivity index (χ3v) is 5.56. The molecule has 148 valence electrons. The van der Waals surface area contributed by atoms with Crippen molar-refractivity contribution in [2.75, 3.05) is 7.05 Å². The summed E-state index contributed by atoms with van der Waals surface area (Å²) in [7, 11) is 1.55. The molecule has 0 aromatic carbocycles. The van der Waals surface area contributed by atoms with Gasteiger partial charge in [-0.2, -0.15) is 5.10 Å². The second-order valence-electron chi connectivity index (χ2n) is 8.65. The fourth-order valence-electron chi connectivity index (χ4n) is 4.01. The van der Waals surface area contributed by atoms with Crippen LogP contribution in [0.5, 0.6) is 0 Å². The lowest BCUT2D eigenvalue weighted by Crippen LogP contribution is -2.53. The first kappa shape index (κ1) is 18.4. The van der Waals surface area contributed by atoms with Crippen molar-refractivity contribution < 1.29 is 14.0 Å². The van der Waals surface area contributed by atoms with Crippen molar-refractivity contribution in [1.29, 1.82) is 0 Å². The number of carbonyl (C=O) groups excluding carboxylic acids is 2. The molecule has 0 bridgehead atoms. The number of aromatic nitrogens is 4. The van der Waals surface area contributed by atoms with Crippen LogP contribution >= 0.6 is 0 Å². The number of fused-ring (bicyclic) bond motifs is 3. The van der Waals surface area contributed by atoms with Gasteiger partial charge in [-0.1, -0.05) is 20.8 Å². The maximum atomic E-state index is 13.1. The summed E-state index contributed by atoms with van der Waals surface area (Å²) in [5.41, 5.74) is 1.78. The van der Waals surface area contributed by atoms with Crippen molar-refractivity contribution in [1.82, 2.24) is 25.4 Å². The van der Waals surface area contributed by atoms with Crippen LogP contribution in [0, 0.1) is 16.2 Å². The first-order chi connectivity index (χ1) is 13.2. The molecule has 1 unspecified atom stereocenters. The first-order valence-corrected chi connectivity index (χ1v) is 9.46. The molecule has 3 atom stereocenters. The van der Waals surface area contributed by atoms with E-state index in [9.17, 15) is 14.5 Å². The molecule has 3 N–H and O–H groups in total. The Labute approximate surface area is 162 Å². The summed E-state index contributed by atoms with van der Waals surface area (Å²) in [4.78, 5) is 40.1. The predicted molar refractivity (Wildman–Crippen MR) is 101 cm³/mol. The molecule has 0 radical (unpaired) electrons. The van der Waals surface area contributed by atoms with E-state index in [1.54, 1.807) is 11.7 Å². The molecule has 2 heterocycles. The maximum Gasteiger partial charge on any atom is 0.272 e. The molecule has 28 heavy (non-hydrogen) atoms. The van der Waals surface area contributed by atoms with Crippen LogP contribution in [0.2, 0.25) is 0 Å². The Hall–Kier alpha value is -2.97. The highest BCUT2D eigenvalue weighted by Gasteiger charge is 2.50. The van der Waals surface area contributed by atoms with Crippen molar-refractivity contribution in [2.24, 2.45) is 11.3 Å². The predicted octanol–water partition coefficient (Wildman–Crippen LogP) is 0.665. The zero-order valence-corrected chi connectivity index (χ0v) is 16.4. The summed E-state index contributed by atoms with van der Waals surface area (Å²) in [6.07, 6.45) is 6.17. The lowest BCUT2D eigenvalue weighted by molar-refractivity contribution is -0.495. The topological polar surface area (TPSA) is 115 Å². The van der Waals surface area contributed by atoms with Crippen LogP contribution < -0.4 is 15.1 Å². The summed E-state index contributed by atoms with van der Waals surface area (Å²) in [5.74, 6) is 0.801. The summed E-state index contributed by atoms with van der Waals surface area (Å²) in [6.45, 7) is 5.70. The molecule has 0 aliphatic heterocycles. The number of H-pyrrole nitrogens is 1. The van der Waals surface area contributed by atoms with E-state index in [2.05, 4.69) is 20.7 Å². The Morgan fingerprint density at radius 2 is 2.14 bits per heavy atom. The second-order valence-corrected chi connectivity index (χ2v) is 8.65. The minimum atomic E-state index is -0.686. The first-order valence-electron chi connectivity index (χ1n) is 9.46. The quantitative estimate of drug-likeness (QED) is 0.671. The minimum absolute atomic E-state index is 0.247. The average molecular weight is 385 g/mol. The highest BCUT2D eigenvalue weighted by atomic mass is 16.3. The third-order valence-electron chi connectivity index (χ3n) is 5.56. The molecular formula is C19H25N6O3+. The Morgan fingerprint density at radius 3 is 2.79 bits per heavy atom.